The third-order valence-corrected chi connectivity index (χ3v) is 8.30. The van der Waals surface area contributed by atoms with Crippen LogP contribution in [0.3, 0.4) is 0 Å². The topological polar surface area (TPSA) is 88.1 Å². The second-order valence-electron chi connectivity index (χ2n) is 11.9. The zero-order valence-electron chi connectivity index (χ0n) is 30.0. The molecular weight excluding hydrogens is 616 g/mol. The molecule has 1 aliphatic carbocycles. The zero-order chi connectivity index (χ0) is 35.7. The van der Waals surface area contributed by atoms with Crippen molar-refractivity contribution in [1.29, 1.82) is 0 Å². The van der Waals surface area contributed by atoms with Crippen molar-refractivity contribution >= 4 is 18.5 Å². The average Bonchev–Trinajstić information content (AvgIpc) is 3.16. The summed E-state index contributed by atoms with van der Waals surface area (Å²) in [5.41, 5.74) is 3.96. The lowest BCUT2D eigenvalue weighted by Crippen LogP contribution is -2.20. The van der Waals surface area contributed by atoms with Crippen LogP contribution in [-0.4, -0.2) is 45.5 Å². The first-order valence-corrected chi connectivity index (χ1v) is 17.8. The summed E-state index contributed by atoms with van der Waals surface area (Å²) in [6.45, 7) is 11.3. The normalized spacial score (nSPS) is 14.9. The minimum Gasteiger partial charge on any atom is -0.497 e. The lowest BCUT2D eigenvalue weighted by molar-refractivity contribution is -0.137. The Morgan fingerprint density at radius 1 is 0.796 bits per heavy atom. The Bertz CT molecular complexity index is 1360. The van der Waals surface area contributed by atoms with E-state index in [-0.39, 0.29) is 11.9 Å². The molecule has 0 bridgehead atoms. The molecule has 1 saturated carbocycles. The van der Waals surface area contributed by atoms with Gasteiger partial charge in [0.1, 0.15) is 23.5 Å². The molecule has 0 N–H and O–H groups in total. The van der Waals surface area contributed by atoms with E-state index < -0.39 is 0 Å². The lowest BCUT2D eigenvalue weighted by Gasteiger charge is -2.25. The number of esters is 1. The van der Waals surface area contributed by atoms with E-state index in [0.717, 1.165) is 105 Å². The molecule has 0 amide bonds. The van der Waals surface area contributed by atoms with Gasteiger partial charge in [-0.1, -0.05) is 58.0 Å². The summed E-state index contributed by atoms with van der Waals surface area (Å²) in [5, 5.41) is 0. The smallest absolute Gasteiger partial charge is 0.330 e. The zero-order valence-corrected chi connectivity index (χ0v) is 30.0. The number of unbranched alkanes of at least 4 members (excludes halogenated alkanes) is 3. The van der Waals surface area contributed by atoms with Crippen LogP contribution in [-0.2, 0) is 20.7 Å². The summed E-state index contributed by atoms with van der Waals surface area (Å²) in [5.74, 6) is 2.78. The van der Waals surface area contributed by atoms with Crippen molar-refractivity contribution < 1.29 is 33.3 Å². The van der Waals surface area contributed by atoms with Crippen LogP contribution in [0.4, 0.5) is 0 Å². The quantitative estimate of drug-likeness (QED) is 0.0575. The predicted molar refractivity (Wildman–Crippen MR) is 198 cm³/mol. The molecule has 3 aromatic rings. The molecule has 0 heterocycles. The van der Waals surface area contributed by atoms with Crippen molar-refractivity contribution in [3.8, 4) is 28.4 Å². The fourth-order valence-corrected chi connectivity index (χ4v) is 5.49. The molecule has 0 spiro atoms. The van der Waals surface area contributed by atoms with Crippen LogP contribution in [0.5, 0.6) is 17.2 Å². The highest BCUT2D eigenvalue weighted by molar-refractivity contribution is 5.88. The van der Waals surface area contributed by atoms with Gasteiger partial charge >= 0.3 is 5.97 Å². The van der Waals surface area contributed by atoms with Gasteiger partial charge in [0.15, 0.2) is 6.29 Å². The third-order valence-electron chi connectivity index (χ3n) is 8.30. The first-order chi connectivity index (χ1) is 24.0. The highest BCUT2D eigenvalue weighted by atomic mass is 16.5. The van der Waals surface area contributed by atoms with E-state index in [1.165, 1.54) is 11.6 Å². The number of benzene rings is 3. The summed E-state index contributed by atoms with van der Waals surface area (Å²) in [4.78, 5) is 33.2. The van der Waals surface area contributed by atoms with E-state index >= 15 is 0 Å². The molecule has 4 rings (SSSR count). The molecular formula is C42H56O7. The first kappa shape index (κ1) is 40.8. The minimum absolute atomic E-state index is 0.228. The molecule has 1 fully saturated rings. The van der Waals surface area contributed by atoms with Gasteiger partial charge < -0.3 is 23.7 Å². The maximum atomic E-state index is 11.6. The van der Waals surface area contributed by atoms with Crippen molar-refractivity contribution in [1.82, 2.24) is 0 Å². The van der Waals surface area contributed by atoms with Crippen molar-refractivity contribution in [2.75, 3.05) is 26.9 Å². The Morgan fingerprint density at radius 2 is 1.43 bits per heavy atom. The maximum Gasteiger partial charge on any atom is 0.330 e. The Labute approximate surface area is 294 Å². The molecule has 0 saturated heterocycles. The van der Waals surface area contributed by atoms with Crippen LogP contribution in [0.1, 0.15) is 94.5 Å². The number of ether oxygens (including phenoxy) is 4. The maximum absolute atomic E-state index is 11.6. The van der Waals surface area contributed by atoms with Crippen LogP contribution >= 0.6 is 0 Å². The van der Waals surface area contributed by atoms with E-state index in [4.69, 9.17) is 18.9 Å². The highest BCUT2D eigenvalue weighted by Crippen LogP contribution is 2.30. The van der Waals surface area contributed by atoms with E-state index in [1.54, 1.807) is 7.11 Å². The summed E-state index contributed by atoms with van der Waals surface area (Å²) in [7, 11) is 1.64. The largest absolute Gasteiger partial charge is 0.497 e. The molecule has 0 aromatic heterocycles. The van der Waals surface area contributed by atoms with Crippen molar-refractivity contribution in [2.24, 2.45) is 11.8 Å². The summed E-state index contributed by atoms with van der Waals surface area (Å²) in [6, 6.07) is 21.7. The standard InChI is InChI=1S/C24H28O3.C16H22O4.C2H6/c1-2-3-18-8-10-21(11-9-18)24-13-12-23(14-22(24)16-26)27-17-20-6-4-19(15-25)5-7-20;1-3-16(17)20-13-7-5-4-6-12-19-15-10-8-14(18-2)9-11-15;1-2/h8-16,19-20H,2-7,17H2,1H3;3,8-11H,1,4-7,12-13H2,2H3;1-2H3. The average molecular weight is 673 g/mol. The van der Waals surface area contributed by atoms with Gasteiger partial charge in [-0.2, -0.15) is 0 Å². The molecule has 0 radical (unpaired) electrons. The molecule has 0 aliphatic heterocycles. The Hall–Kier alpha value is -4.39. The molecule has 266 valence electrons. The number of carbonyl (C=O) groups is 3. The Balaban J connectivity index is 0.000000338. The van der Waals surface area contributed by atoms with E-state index in [1.807, 2.05) is 56.3 Å². The molecule has 1 aliphatic rings. The number of carbonyl (C=O) groups excluding carboxylic acids is 3. The monoisotopic (exact) mass is 672 g/mol. The number of hydrogen-bond donors (Lipinski definition) is 0. The fourth-order valence-electron chi connectivity index (χ4n) is 5.49. The first-order valence-electron chi connectivity index (χ1n) is 17.8. The predicted octanol–water partition coefficient (Wildman–Crippen LogP) is 9.89. The Kier molecular flexibility index (Phi) is 20.6. The van der Waals surface area contributed by atoms with Gasteiger partial charge in [-0.3, -0.25) is 4.79 Å². The number of rotatable bonds is 18. The number of hydrogen-bond acceptors (Lipinski definition) is 7. The van der Waals surface area contributed by atoms with E-state index in [9.17, 15) is 14.4 Å². The molecule has 3 aromatic carbocycles. The highest BCUT2D eigenvalue weighted by Gasteiger charge is 2.21. The van der Waals surface area contributed by atoms with E-state index in [0.29, 0.717) is 31.3 Å². The van der Waals surface area contributed by atoms with Crippen LogP contribution in [0, 0.1) is 11.8 Å². The van der Waals surface area contributed by atoms with Gasteiger partial charge in [-0.05, 0) is 123 Å². The van der Waals surface area contributed by atoms with Gasteiger partial charge in [-0.25, -0.2) is 4.79 Å². The molecule has 7 nitrogen and oxygen atoms in total. The van der Waals surface area contributed by atoms with E-state index in [2.05, 4.69) is 37.8 Å². The number of aldehydes is 2. The summed E-state index contributed by atoms with van der Waals surface area (Å²) < 4.78 is 21.5. The third kappa shape index (κ3) is 15.6. The summed E-state index contributed by atoms with van der Waals surface area (Å²) in [6.07, 6.45) is 13.3. The fraction of sp³-hybridized carbons (Fsp3) is 0.452. The van der Waals surface area contributed by atoms with Gasteiger partial charge in [0.25, 0.3) is 0 Å². The van der Waals surface area contributed by atoms with Crippen LogP contribution < -0.4 is 14.2 Å². The molecule has 0 atom stereocenters. The second kappa shape index (κ2) is 24.7. The molecule has 49 heavy (non-hydrogen) atoms. The molecule has 7 heteroatoms. The molecule has 0 unspecified atom stereocenters. The van der Waals surface area contributed by atoms with Crippen molar-refractivity contribution in [2.45, 2.75) is 85.0 Å². The number of methoxy groups -OCH3 is 1. The number of aryl methyl sites for hydroxylation is 1. The van der Waals surface area contributed by atoms with Crippen molar-refractivity contribution in [3.63, 3.8) is 0 Å². The Morgan fingerprint density at radius 3 is 2.02 bits per heavy atom. The minimum atomic E-state index is -0.354. The van der Waals surface area contributed by atoms with Gasteiger partial charge in [0.2, 0.25) is 0 Å². The van der Waals surface area contributed by atoms with Crippen LogP contribution in [0.15, 0.2) is 79.4 Å². The van der Waals surface area contributed by atoms with Crippen LogP contribution in [0.25, 0.3) is 11.1 Å². The SMILES string of the molecule is C=CC(=O)OCCCCCCOc1ccc(OC)cc1.CC.CCCc1ccc(-c2ccc(OCC3CCC(C=O)CC3)cc2C=O)cc1. The van der Waals surface area contributed by atoms with Gasteiger partial charge in [0, 0.05) is 17.6 Å². The van der Waals surface area contributed by atoms with Gasteiger partial charge in [-0.15, -0.1) is 0 Å². The lowest BCUT2D eigenvalue weighted by atomic mass is 9.83. The van der Waals surface area contributed by atoms with Crippen molar-refractivity contribution in [3.05, 3.63) is 90.5 Å². The van der Waals surface area contributed by atoms with Crippen LogP contribution in [0.2, 0.25) is 0 Å². The summed E-state index contributed by atoms with van der Waals surface area (Å²) >= 11 is 0. The van der Waals surface area contributed by atoms with Gasteiger partial charge in [0.05, 0.1) is 26.9 Å². The second-order valence-corrected chi connectivity index (χ2v) is 11.9.